The molecule has 0 aromatic heterocycles. The van der Waals surface area contributed by atoms with Crippen LogP contribution in [0.3, 0.4) is 0 Å². The Kier molecular flexibility index (Phi) is 7.71. The fourth-order valence-electron chi connectivity index (χ4n) is 1.72. The molecular weight excluding hydrogens is 336 g/mol. The molecule has 1 rings (SSSR count). The highest BCUT2D eigenvalue weighted by molar-refractivity contribution is 9.10. The number of thioether (sulfide) groups is 1. The Morgan fingerprint density at radius 3 is 2.65 bits per heavy atom. The van der Waals surface area contributed by atoms with E-state index in [0.29, 0.717) is 19.5 Å². The van der Waals surface area contributed by atoms with Crippen molar-refractivity contribution >= 4 is 33.6 Å². The summed E-state index contributed by atoms with van der Waals surface area (Å²) >= 11 is 5.08. The summed E-state index contributed by atoms with van der Waals surface area (Å²) in [5, 5.41) is 8.81. The van der Waals surface area contributed by atoms with Gasteiger partial charge < -0.3 is 4.90 Å². The molecule has 0 saturated heterocycles. The van der Waals surface area contributed by atoms with Gasteiger partial charge in [-0.05, 0) is 38.1 Å². The van der Waals surface area contributed by atoms with E-state index in [1.54, 1.807) is 16.7 Å². The van der Waals surface area contributed by atoms with Crippen LogP contribution < -0.4 is 0 Å². The van der Waals surface area contributed by atoms with Crippen LogP contribution >= 0.6 is 27.7 Å². The van der Waals surface area contributed by atoms with E-state index in [9.17, 15) is 4.79 Å². The van der Waals surface area contributed by atoms with Crippen molar-refractivity contribution in [2.75, 3.05) is 18.8 Å². The largest absolute Gasteiger partial charge is 0.342 e. The lowest BCUT2D eigenvalue weighted by atomic mass is 10.2. The first-order chi connectivity index (χ1) is 9.56. The number of hydrogen-bond acceptors (Lipinski definition) is 3. The summed E-state index contributed by atoms with van der Waals surface area (Å²) in [6.07, 6.45) is 0.507. The Labute approximate surface area is 133 Å². The van der Waals surface area contributed by atoms with Crippen LogP contribution in [0.4, 0.5) is 0 Å². The second kappa shape index (κ2) is 9.04. The van der Waals surface area contributed by atoms with E-state index in [-0.39, 0.29) is 11.8 Å². The summed E-state index contributed by atoms with van der Waals surface area (Å²) in [7, 11) is 0. The maximum Gasteiger partial charge on any atom is 0.223 e. The van der Waals surface area contributed by atoms with Crippen LogP contribution in [0.15, 0.2) is 33.6 Å². The maximum absolute atomic E-state index is 12.1. The zero-order valence-electron chi connectivity index (χ0n) is 11.8. The lowest BCUT2D eigenvalue weighted by Crippen LogP contribution is -2.34. The van der Waals surface area contributed by atoms with Crippen LogP contribution in [0.2, 0.25) is 0 Å². The standard InChI is InChI=1S/C15H19BrN2OS/c1-3-18(11-12(2)10-17)15(19)8-9-20-14-6-4-13(16)5-7-14/h4-7,12H,3,8-9,11H2,1-2H3/t12-/m1/s1. The highest BCUT2D eigenvalue weighted by Crippen LogP contribution is 2.21. The molecule has 1 amide bonds. The molecule has 0 radical (unpaired) electrons. The molecule has 0 heterocycles. The summed E-state index contributed by atoms with van der Waals surface area (Å²) in [6.45, 7) is 4.97. The Morgan fingerprint density at radius 1 is 1.45 bits per heavy atom. The van der Waals surface area contributed by atoms with Crippen molar-refractivity contribution in [3.05, 3.63) is 28.7 Å². The van der Waals surface area contributed by atoms with Crippen molar-refractivity contribution in [2.24, 2.45) is 5.92 Å². The van der Waals surface area contributed by atoms with Gasteiger partial charge in [-0.25, -0.2) is 0 Å². The van der Waals surface area contributed by atoms with Crippen molar-refractivity contribution in [2.45, 2.75) is 25.2 Å². The molecule has 20 heavy (non-hydrogen) atoms. The zero-order valence-corrected chi connectivity index (χ0v) is 14.2. The van der Waals surface area contributed by atoms with Gasteiger partial charge in [-0.1, -0.05) is 15.9 Å². The van der Waals surface area contributed by atoms with E-state index >= 15 is 0 Å². The number of halogens is 1. The SMILES string of the molecule is CCN(C[C@H](C)C#N)C(=O)CCSc1ccc(Br)cc1. The van der Waals surface area contributed by atoms with Gasteiger partial charge in [0.05, 0.1) is 12.0 Å². The van der Waals surface area contributed by atoms with Gasteiger partial charge >= 0.3 is 0 Å². The lowest BCUT2D eigenvalue weighted by molar-refractivity contribution is -0.130. The maximum atomic E-state index is 12.1. The van der Waals surface area contributed by atoms with E-state index in [4.69, 9.17) is 5.26 Å². The second-order valence-electron chi connectivity index (χ2n) is 4.51. The third-order valence-electron chi connectivity index (χ3n) is 2.85. The number of hydrogen-bond donors (Lipinski definition) is 0. The Morgan fingerprint density at radius 2 is 2.10 bits per heavy atom. The number of benzene rings is 1. The smallest absolute Gasteiger partial charge is 0.223 e. The second-order valence-corrected chi connectivity index (χ2v) is 6.60. The van der Waals surface area contributed by atoms with Crippen LogP contribution in [0.1, 0.15) is 20.3 Å². The highest BCUT2D eigenvalue weighted by Gasteiger charge is 2.14. The summed E-state index contributed by atoms with van der Waals surface area (Å²) in [5.74, 6) is 0.773. The minimum Gasteiger partial charge on any atom is -0.342 e. The van der Waals surface area contributed by atoms with Crippen LogP contribution in [-0.4, -0.2) is 29.6 Å². The number of carbonyl (C=O) groups is 1. The molecule has 0 spiro atoms. The fraction of sp³-hybridized carbons (Fsp3) is 0.467. The van der Waals surface area contributed by atoms with E-state index in [1.807, 2.05) is 38.1 Å². The first-order valence-corrected chi connectivity index (χ1v) is 8.40. The molecule has 0 unspecified atom stereocenters. The van der Waals surface area contributed by atoms with Crippen LogP contribution in [-0.2, 0) is 4.79 Å². The topological polar surface area (TPSA) is 44.1 Å². The number of carbonyl (C=O) groups excluding carboxylic acids is 1. The first-order valence-electron chi connectivity index (χ1n) is 6.62. The summed E-state index contributed by atoms with van der Waals surface area (Å²) < 4.78 is 1.06. The van der Waals surface area contributed by atoms with Gasteiger partial charge in [-0.15, -0.1) is 11.8 Å². The van der Waals surface area contributed by atoms with Gasteiger partial charge in [-0.3, -0.25) is 4.79 Å². The number of nitrogens with zero attached hydrogens (tertiary/aromatic N) is 2. The van der Waals surface area contributed by atoms with Crippen molar-refractivity contribution < 1.29 is 4.79 Å². The number of rotatable bonds is 7. The predicted molar refractivity (Wildman–Crippen MR) is 86.5 cm³/mol. The molecule has 0 aliphatic heterocycles. The molecular formula is C15H19BrN2OS. The van der Waals surface area contributed by atoms with Gasteiger partial charge in [0.2, 0.25) is 5.91 Å². The molecule has 0 bridgehead atoms. The molecule has 0 saturated carbocycles. The van der Waals surface area contributed by atoms with E-state index in [1.165, 1.54) is 0 Å². The van der Waals surface area contributed by atoms with Gasteiger partial charge in [0.25, 0.3) is 0 Å². The summed E-state index contributed by atoms with van der Waals surface area (Å²) in [4.78, 5) is 15.0. The average Bonchev–Trinajstić information content (AvgIpc) is 2.46. The fourth-order valence-corrected chi connectivity index (χ4v) is 2.83. The van der Waals surface area contributed by atoms with Gasteiger partial charge in [0.15, 0.2) is 0 Å². The van der Waals surface area contributed by atoms with Crippen LogP contribution in [0.5, 0.6) is 0 Å². The zero-order chi connectivity index (χ0) is 15.0. The molecule has 108 valence electrons. The minimum absolute atomic E-state index is 0.113. The third kappa shape index (κ3) is 5.98. The lowest BCUT2D eigenvalue weighted by Gasteiger charge is -2.21. The molecule has 0 aliphatic carbocycles. The molecule has 3 nitrogen and oxygen atoms in total. The molecule has 1 atom stereocenters. The van der Waals surface area contributed by atoms with Crippen molar-refractivity contribution in [1.29, 1.82) is 5.26 Å². The molecule has 1 aromatic rings. The quantitative estimate of drug-likeness (QED) is 0.696. The highest BCUT2D eigenvalue weighted by atomic mass is 79.9. The molecule has 0 N–H and O–H groups in total. The van der Waals surface area contributed by atoms with Gasteiger partial charge in [-0.2, -0.15) is 5.26 Å². The van der Waals surface area contributed by atoms with Gasteiger partial charge in [0.1, 0.15) is 0 Å². The predicted octanol–water partition coefficient (Wildman–Crippen LogP) is 3.94. The van der Waals surface area contributed by atoms with Crippen LogP contribution in [0, 0.1) is 17.2 Å². The van der Waals surface area contributed by atoms with Crippen molar-refractivity contribution in [3.8, 4) is 6.07 Å². The van der Waals surface area contributed by atoms with Crippen molar-refractivity contribution in [3.63, 3.8) is 0 Å². The van der Waals surface area contributed by atoms with Crippen LogP contribution in [0.25, 0.3) is 0 Å². The molecule has 1 aromatic carbocycles. The molecule has 0 aliphatic rings. The number of amides is 1. The Hall–Kier alpha value is -0.990. The summed E-state index contributed by atoms with van der Waals surface area (Å²) in [6, 6.07) is 10.2. The average molecular weight is 355 g/mol. The summed E-state index contributed by atoms with van der Waals surface area (Å²) in [5.41, 5.74) is 0. The minimum atomic E-state index is -0.113. The van der Waals surface area contributed by atoms with E-state index < -0.39 is 0 Å². The Bertz CT molecular complexity index is 470. The van der Waals surface area contributed by atoms with E-state index in [2.05, 4.69) is 22.0 Å². The monoisotopic (exact) mass is 354 g/mol. The number of nitriles is 1. The van der Waals surface area contributed by atoms with Gasteiger partial charge in [0, 0.05) is 34.6 Å². The molecule has 0 fully saturated rings. The normalized spacial score (nSPS) is 11.7. The van der Waals surface area contributed by atoms with Crippen molar-refractivity contribution in [1.82, 2.24) is 4.90 Å². The Balaban J connectivity index is 2.38. The third-order valence-corrected chi connectivity index (χ3v) is 4.39. The first kappa shape index (κ1) is 17.1. The molecule has 5 heteroatoms. The van der Waals surface area contributed by atoms with E-state index in [0.717, 1.165) is 15.1 Å².